The summed E-state index contributed by atoms with van der Waals surface area (Å²) in [4.78, 5) is 22.1. The minimum Gasteiger partial charge on any atom is -0.465 e. The number of carbonyl (C=O) groups is 1. The highest BCUT2D eigenvalue weighted by atomic mass is 79.9. The number of aromatic nitrogens is 4. The van der Waals surface area contributed by atoms with Crippen molar-refractivity contribution >= 4 is 27.8 Å². The third-order valence-electron chi connectivity index (χ3n) is 5.08. The Morgan fingerprint density at radius 2 is 2.12 bits per heavy atom. The Hall–Kier alpha value is -2.16. The van der Waals surface area contributed by atoms with Crippen molar-refractivity contribution < 1.29 is 9.90 Å². The van der Waals surface area contributed by atoms with E-state index in [0.717, 1.165) is 44.0 Å². The Kier molecular flexibility index (Phi) is 3.67. The van der Waals surface area contributed by atoms with Gasteiger partial charge < -0.3 is 15.3 Å². The zero-order valence-corrected chi connectivity index (χ0v) is 14.5. The van der Waals surface area contributed by atoms with Crippen LogP contribution in [0.15, 0.2) is 29.3 Å². The zero-order chi connectivity index (χ0) is 16.7. The molecule has 0 unspecified atom stereocenters. The molecule has 2 aromatic rings. The van der Waals surface area contributed by atoms with E-state index in [4.69, 9.17) is 0 Å². The van der Waals surface area contributed by atoms with Crippen LogP contribution in [0.25, 0.3) is 0 Å². The topological polar surface area (TPSA) is 96.2 Å². The van der Waals surface area contributed by atoms with Crippen molar-refractivity contribution in [3.63, 3.8) is 0 Å². The molecule has 4 heterocycles. The van der Waals surface area contributed by atoms with Gasteiger partial charge in [0.2, 0.25) is 0 Å². The Balaban J connectivity index is 1.54. The summed E-state index contributed by atoms with van der Waals surface area (Å²) in [7, 11) is 0. The van der Waals surface area contributed by atoms with E-state index in [1.807, 2.05) is 10.7 Å². The minimum atomic E-state index is -0.991. The first kappa shape index (κ1) is 15.4. The van der Waals surface area contributed by atoms with Crippen molar-refractivity contribution in [2.24, 2.45) is 5.41 Å². The second-order valence-electron chi connectivity index (χ2n) is 6.34. The second kappa shape index (κ2) is 5.73. The van der Waals surface area contributed by atoms with Crippen LogP contribution in [0.3, 0.4) is 0 Å². The van der Waals surface area contributed by atoms with Crippen LogP contribution >= 0.6 is 15.9 Å². The van der Waals surface area contributed by atoms with Crippen molar-refractivity contribution in [1.82, 2.24) is 25.1 Å². The van der Waals surface area contributed by atoms with Gasteiger partial charge >= 0.3 is 6.09 Å². The van der Waals surface area contributed by atoms with Crippen molar-refractivity contribution in [3.05, 3.63) is 35.0 Å². The average Bonchev–Trinajstić information content (AvgIpc) is 3.11. The molecule has 1 saturated heterocycles. The number of anilines is 1. The van der Waals surface area contributed by atoms with Gasteiger partial charge in [-0.3, -0.25) is 4.68 Å². The lowest BCUT2D eigenvalue weighted by atomic mass is 9.73. The number of nitrogens with zero attached hydrogens (tertiary/aromatic N) is 5. The lowest BCUT2D eigenvalue weighted by Crippen LogP contribution is -2.47. The molecule has 1 fully saturated rings. The van der Waals surface area contributed by atoms with E-state index < -0.39 is 6.09 Å². The second-order valence-corrected chi connectivity index (χ2v) is 7.16. The van der Waals surface area contributed by atoms with Crippen LogP contribution in [-0.4, -0.2) is 44.0 Å². The van der Waals surface area contributed by atoms with E-state index in [2.05, 4.69) is 41.2 Å². The molecule has 9 heteroatoms. The smallest absolute Gasteiger partial charge is 0.405 e. The summed E-state index contributed by atoms with van der Waals surface area (Å²) < 4.78 is 2.64. The summed E-state index contributed by atoms with van der Waals surface area (Å²) in [6.45, 7) is 2.39. The van der Waals surface area contributed by atoms with Gasteiger partial charge in [0.15, 0.2) is 0 Å². The highest BCUT2D eigenvalue weighted by molar-refractivity contribution is 9.10. The van der Waals surface area contributed by atoms with Crippen LogP contribution in [0.1, 0.15) is 24.6 Å². The van der Waals surface area contributed by atoms with Crippen molar-refractivity contribution in [2.45, 2.75) is 25.4 Å². The monoisotopic (exact) mass is 392 g/mol. The van der Waals surface area contributed by atoms with Gasteiger partial charge in [0.05, 0.1) is 24.1 Å². The molecule has 1 atom stereocenters. The summed E-state index contributed by atoms with van der Waals surface area (Å²) in [5.74, 6) is 0.853. The number of nitrogens with one attached hydrogen (secondary N) is 1. The molecule has 126 valence electrons. The van der Waals surface area contributed by atoms with E-state index >= 15 is 0 Å². The number of carboxylic acid groups (broad SMARTS) is 1. The maximum Gasteiger partial charge on any atom is 0.405 e. The number of hydrogen-bond donors (Lipinski definition) is 2. The van der Waals surface area contributed by atoms with Crippen LogP contribution in [0.4, 0.5) is 10.6 Å². The molecular formula is C15H17BrN6O2. The predicted octanol–water partition coefficient (Wildman–Crippen LogP) is 2.04. The SMILES string of the molecule is O=C(O)N[C@@H]1c2ccnn2CC12CCN(c1cnc(Br)cn1)CC2. The third-order valence-corrected chi connectivity index (χ3v) is 5.49. The average molecular weight is 393 g/mol. The van der Waals surface area contributed by atoms with Gasteiger partial charge in [0.25, 0.3) is 0 Å². The normalized spacial score (nSPS) is 21.7. The quantitative estimate of drug-likeness (QED) is 0.811. The Bertz CT molecular complexity index is 754. The van der Waals surface area contributed by atoms with Crippen LogP contribution in [0, 0.1) is 5.41 Å². The molecule has 2 aromatic heterocycles. The van der Waals surface area contributed by atoms with E-state index in [1.165, 1.54) is 0 Å². The van der Waals surface area contributed by atoms with E-state index in [9.17, 15) is 9.90 Å². The zero-order valence-electron chi connectivity index (χ0n) is 12.9. The van der Waals surface area contributed by atoms with Gasteiger partial charge in [-0.15, -0.1) is 0 Å². The molecule has 1 amide bonds. The van der Waals surface area contributed by atoms with Crippen LogP contribution in [0.2, 0.25) is 0 Å². The highest BCUT2D eigenvalue weighted by Gasteiger charge is 2.49. The van der Waals surface area contributed by atoms with Crippen molar-refractivity contribution in [2.75, 3.05) is 18.0 Å². The molecule has 8 nitrogen and oxygen atoms in total. The van der Waals surface area contributed by atoms with Gasteiger partial charge in [-0.25, -0.2) is 14.8 Å². The molecule has 2 aliphatic rings. The molecule has 0 saturated carbocycles. The molecule has 0 aliphatic carbocycles. The van der Waals surface area contributed by atoms with Crippen LogP contribution in [0.5, 0.6) is 0 Å². The summed E-state index contributed by atoms with van der Waals surface area (Å²) >= 11 is 3.30. The highest BCUT2D eigenvalue weighted by Crippen LogP contribution is 2.49. The summed E-state index contributed by atoms with van der Waals surface area (Å²) in [5.41, 5.74) is 0.829. The molecule has 4 rings (SSSR count). The van der Waals surface area contributed by atoms with E-state index in [0.29, 0.717) is 4.60 Å². The van der Waals surface area contributed by atoms with Gasteiger partial charge in [-0.1, -0.05) is 0 Å². The first-order chi connectivity index (χ1) is 11.6. The maximum absolute atomic E-state index is 11.3. The molecule has 2 N–H and O–H groups in total. The molecule has 0 bridgehead atoms. The molecular weight excluding hydrogens is 376 g/mol. The lowest BCUT2D eigenvalue weighted by molar-refractivity contribution is 0.133. The predicted molar refractivity (Wildman–Crippen MR) is 89.7 cm³/mol. The third kappa shape index (κ3) is 2.52. The summed E-state index contributed by atoms with van der Waals surface area (Å²) in [6, 6.07) is 1.69. The number of fused-ring (bicyclic) bond motifs is 1. The Labute approximate surface area is 147 Å². The number of amides is 1. The van der Waals surface area contributed by atoms with Gasteiger partial charge in [0.1, 0.15) is 10.4 Å². The van der Waals surface area contributed by atoms with E-state index in [1.54, 1.807) is 18.6 Å². The number of halogens is 1. The lowest BCUT2D eigenvalue weighted by Gasteiger charge is -2.42. The fraction of sp³-hybridized carbons (Fsp3) is 0.467. The number of piperidine rings is 1. The van der Waals surface area contributed by atoms with Gasteiger partial charge in [-0.2, -0.15) is 5.10 Å². The standard InChI is InChI=1S/C15H17BrN6O2/c16-11-7-18-12(8-17-11)21-5-2-15(3-6-21)9-22-10(1-4-19-22)13(15)20-14(23)24/h1,4,7-8,13,20H,2-3,5-6,9H2,(H,23,24)/t13-/m1/s1. The maximum atomic E-state index is 11.3. The van der Waals surface area contributed by atoms with Crippen LogP contribution in [-0.2, 0) is 6.54 Å². The molecule has 2 aliphatic heterocycles. The molecule has 1 spiro atoms. The fourth-order valence-electron chi connectivity index (χ4n) is 3.87. The van der Waals surface area contributed by atoms with Gasteiger partial charge in [-0.05, 0) is 34.8 Å². The first-order valence-electron chi connectivity index (χ1n) is 7.81. The Morgan fingerprint density at radius 1 is 1.33 bits per heavy atom. The van der Waals surface area contributed by atoms with Crippen molar-refractivity contribution in [3.8, 4) is 0 Å². The number of rotatable bonds is 2. The summed E-state index contributed by atoms with van der Waals surface area (Å²) in [6.07, 6.45) is 5.94. The van der Waals surface area contributed by atoms with Crippen molar-refractivity contribution in [1.29, 1.82) is 0 Å². The summed E-state index contributed by atoms with van der Waals surface area (Å²) in [5, 5.41) is 16.3. The van der Waals surface area contributed by atoms with Crippen LogP contribution < -0.4 is 10.2 Å². The Morgan fingerprint density at radius 3 is 2.79 bits per heavy atom. The first-order valence-corrected chi connectivity index (χ1v) is 8.60. The van der Waals surface area contributed by atoms with Gasteiger partial charge in [0, 0.05) is 31.2 Å². The molecule has 0 aromatic carbocycles. The minimum absolute atomic E-state index is 0.124. The molecule has 0 radical (unpaired) electrons. The largest absolute Gasteiger partial charge is 0.465 e. The number of hydrogen-bond acceptors (Lipinski definition) is 5. The fourth-order valence-corrected chi connectivity index (χ4v) is 4.08. The van der Waals surface area contributed by atoms with E-state index in [-0.39, 0.29) is 11.5 Å². The molecule has 24 heavy (non-hydrogen) atoms.